The van der Waals surface area contributed by atoms with Crippen LogP contribution in [0.4, 0.5) is 13.2 Å². The highest BCUT2D eigenvalue weighted by atomic mass is 32.2. The molecular formula is C12H14F3N3O3S. The number of alkyl halides is 3. The minimum absolute atomic E-state index is 0.160. The Kier molecular flexibility index (Phi) is 6.60. The van der Waals surface area contributed by atoms with Gasteiger partial charge in [0, 0.05) is 13.2 Å². The molecule has 0 radical (unpaired) electrons. The topological polar surface area (TPSA) is 72.4 Å². The lowest BCUT2D eigenvalue weighted by Crippen LogP contribution is -2.34. The molecule has 10 heteroatoms. The Bertz CT molecular complexity index is 540. The van der Waals surface area contributed by atoms with Gasteiger partial charge in [-0.1, -0.05) is 11.8 Å². The molecule has 0 bridgehead atoms. The smallest absolute Gasteiger partial charge is 0.433 e. The van der Waals surface area contributed by atoms with Gasteiger partial charge in [-0.05, 0) is 13.0 Å². The van der Waals surface area contributed by atoms with E-state index < -0.39 is 23.7 Å². The quantitative estimate of drug-likeness (QED) is 0.446. The average Bonchev–Trinajstić information content (AvgIpc) is 2.44. The fourth-order valence-corrected chi connectivity index (χ4v) is 2.06. The lowest BCUT2D eigenvalue weighted by atomic mass is 10.4. The van der Waals surface area contributed by atoms with Gasteiger partial charge in [-0.2, -0.15) is 13.2 Å². The number of carbonyl (C=O) groups is 2. The fourth-order valence-electron chi connectivity index (χ4n) is 1.29. The van der Waals surface area contributed by atoms with Crippen LogP contribution >= 0.6 is 11.8 Å². The third-order valence-electron chi connectivity index (χ3n) is 2.35. The lowest BCUT2D eigenvalue weighted by molar-refractivity contribution is -0.147. The molecule has 1 amide bonds. The molecule has 1 heterocycles. The van der Waals surface area contributed by atoms with E-state index in [0.29, 0.717) is 0 Å². The van der Waals surface area contributed by atoms with Crippen LogP contribution in [0.1, 0.15) is 12.6 Å². The molecule has 6 nitrogen and oxygen atoms in total. The van der Waals surface area contributed by atoms with Gasteiger partial charge in [-0.15, -0.1) is 0 Å². The van der Waals surface area contributed by atoms with Gasteiger partial charge < -0.3 is 9.64 Å². The van der Waals surface area contributed by atoms with Crippen LogP contribution in [0.15, 0.2) is 17.4 Å². The molecule has 122 valence electrons. The number of esters is 1. The van der Waals surface area contributed by atoms with Crippen LogP contribution in [0.2, 0.25) is 0 Å². The molecule has 0 N–H and O–H groups in total. The number of aromatic nitrogens is 2. The van der Waals surface area contributed by atoms with E-state index in [0.717, 1.165) is 28.9 Å². The Balaban J connectivity index is 2.55. The Morgan fingerprint density at radius 3 is 2.68 bits per heavy atom. The minimum atomic E-state index is -4.57. The van der Waals surface area contributed by atoms with E-state index in [1.807, 2.05) is 0 Å². The number of hydrogen-bond donors (Lipinski definition) is 0. The highest BCUT2D eigenvalue weighted by Crippen LogP contribution is 2.28. The second-order valence-corrected chi connectivity index (χ2v) is 5.01. The van der Waals surface area contributed by atoms with Crippen LogP contribution in [0, 0.1) is 0 Å². The molecule has 0 atom stereocenters. The highest BCUT2D eigenvalue weighted by Gasteiger charge is 2.32. The number of nitrogens with zero attached hydrogens (tertiary/aromatic N) is 3. The zero-order chi connectivity index (χ0) is 16.8. The SMILES string of the molecule is CCOC(=O)CN(C)C(=O)CSc1nccc(C(F)(F)F)n1. The average molecular weight is 337 g/mol. The number of halogens is 3. The molecule has 1 aromatic heterocycles. The molecule has 0 unspecified atom stereocenters. The molecule has 0 saturated carbocycles. The molecule has 0 saturated heterocycles. The third-order valence-corrected chi connectivity index (χ3v) is 3.19. The lowest BCUT2D eigenvalue weighted by Gasteiger charge is -2.15. The van der Waals surface area contributed by atoms with Crippen LogP contribution in [0.25, 0.3) is 0 Å². The van der Waals surface area contributed by atoms with E-state index in [1.54, 1.807) is 6.92 Å². The second-order valence-electron chi connectivity index (χ2n) is 4.07. The Labute approximate surface area is 129 Å². The summed E-state index contributed by atoms with van der Waals surface area (Å²) in [6.07, 6.45) is -3.59. The van der Waals surface area contributed by atoms with E-state index in [9.17, 15) is 22.8 Å². The van der Waals surface area contributed by atoms with Crippen LogP contribution < -0.4 is 0 Å². The maximum atomic E-state index is 12.5. The summed E-state index contributed by atoms with van der Waals surface area (Å²) in [5.41, 5.74) is -1.07. The summed E-state index contributed by atoms with van der Waals surface area (Å²) >= 11 is 0.762. The van der Waals surface area contributed by atoms with Gasteiger partial charge in [0.1, 0.15) is 12.2 Å². The summed E-state index contributed by atoms with van der Waals surface area (Å²) in [7, 11) is 1.40. The molecule has 0 aromatic carbocycles. The molecule has 22 heavy (non-hydrogen) atoms. The zero-order valence-corrected chi connectivity index (χ0v) is 12.7. The van der Waals surface area contributed by atoms with Crippen molar-refractivity contribution in [1.29, 1.82) is 0 Å². The number of carbonyl (C=O) groups excluding carboxylic acids is 2. The van der Waals surface area contributed by atoms with Crippen molar-refractivity contribution in [2.75, 3.05) is 26.0 Å². The number of likely N-dealkylation sites (N-methyl/N-ethyl adjacent to an activating group) is 1. The molecule has 1 rings (SSSR count). The first-order chi connectivity index (χ1) is 10.2. The summed E-state index contributed by atoms with van der Waals surface area (Å²) in [6, 6.07) is 0.749. The van der Waals surface area contributed by atoms with Crippen LogP contribution in [0.3, 0.4) is 0 Å². The van der Waals surface area contributed by atoms with E-state index in [4.69, 9.17) is 0 Å². The summed E-state index contributed by atoms with van der Waals surface area (Å²) < 4.78 is 42.1. The van der Waals surface area contributed by atoms with E-state index in [2.05, 4.69) is 14.7 Å². The third kappa shape index (κ3) is 5.88. The van der Waals surface area contributed by atoms with Crippen molar-refractivity contribution in [3.05, 3.63) is 18.0 Å². The highest BCUT2D eigenvalue weighted by molar-refractivity contribution is 7.99. The van der Waals surface area contributed by atoms with E-state index in [-0.39, 0.29) is 24.1 Å². The molecule has 1 aromatic rings. The van der Waals surface area contributed by atoms with Crippen molar-refractivity contribution in [3.8, 4) is 0 Å². The Morgan fingerprint density at radius 1 is 1.41 bits per heavy atom. The molecule has 0 spiro atoms. The first kappa shape index (κ1) is 18.2. The van der Waals surface area contributed by atoms with Gasteiger partial charge in [-0.3, -0.25) is 9.59 Å². The van der Waals surface area contributed by atoms with Crippen molar-refractivity contribution < 1.29 is 27.5 Å². The van der Waals surface area contributed by atoms with E-state index >= 15 is 0 Å². The number of amides is 1. The minimum Gasteiger partial charge on any atom is -0.465 e. The number of hydrogen-bond acceptors (Lipinski definition) is 6. The fraction of sp³-hybridized carbons (Fsp3) is 0.500. The van der Waals surface area contributed by atoms with Gasteiger partial charge in [0.2, 0.25) is 5.91 Å². The van der Waals surface area contributed by atoms with Crippen LogP contribution in [-0.2, 0) is 20.5 Å². The molecule has 0 fully saturated rings. The number of ether oxygens (including phenoxy) is 1. The number of rotatable bonds is 6. The standard InChI is InChI=1S/C12H14F3N3O3S/c1-3-21-10(20)6-18(2)9(19)7-22-11-16-5-4-8(17-11)12(13,14)15/h4-5H,3,6-7H2,1-2H3. The largest absolute Gasteiger partial charge is 0.465 e. The van der Waals surface area contributed by atoms with Gasteiger partial charge in [-0.25, -0.2) is 9.97 Å². The van der Waals surface area contributed by atoms with Gasteiger partial charge in [0.25, 0.3) is 0 Å². The molecule has 0 aliphatic rings. The summed E-state index contributed by atoms with van der Waals surface area (Å²) in [6.45, 7) is 1.62. The molecule has 0 aliphatic heterocycles. The summed E-state index contributed by atoms with van der Waals surface area (Å²) in [5.74, 6) is -1.19. The predicted molar refractivity (Wildman–Crippen MR) is 72.0 cm³/mol. The molecule has 0 aliphatic carbocycles. The first-order valence-electron chi connectivity index (χ1n) is 6.16. The van der Waals surface area contributed by atoms with Crippen LogP contribution in [0.5, 0.6) is 0 Å². The van der Waals surface area contributed by atoms with Crippen molar-refractivity contribution in [2.45, 2.75) is 18.3 Å². The van der Waals surface area contributed by atoms with Crippen LogP contribution in [-0.4, -0.2) is 52.7 Å². The van der Waals surface area contributed by atoms with Crippen molar-refractivity contribution in [1.82, 2.24) is 14.9 Å². The Hall–Kier alpha value is -1.84. The van der Waals surface area contributed by atoms with Gasteiger partial charge in [0.15, 0.2) is 5.16 Å². The first-order valence-corrected chi connectivity index (χ1v) is 7.15. The number of thioether (sulfide) groups is 1. The van der Waals surface area contributed by atoms with Crippen molar-refractivity contribution in [3.63, 3.8) is 0 Å². The predicted octanol–water partition coefficient (Wildman–Crippen LogP) is 1.61. The van der Waals surface area contributed by atoms with Gasteiger partial charge >= 0.3 is 12.1 Å². The normalized spacial score (nSPS) is 11.1. The van der Waals surface area contributed by atoms with Crippen molar-refractivity contribution in [2.24, 2.45) is 0 Å². The second kappa shape index (κ2) is 7.97. The summed E-state index contributed by atoms with van der Waals surface area (Å²) in [5, 5.41) is -0.160. The van der Waals surface area contributed by atoms with Gasteiger partial charge in [0.05, 0.1) is 12.4 Å². The van der Waals surface area contributed by atoms with Crippen molar-refractivity contribution >= 4 is 23.6 Å². The zero-order valence-electron chi connectivity index (χ0n) is 11.9. The van der Waals surface area contributed by atoms with E-state index in [1.165, 1.54) is 7.05 Å². The maximum absolute atomic E-state index is 12.5. The monoisotopic (exact) mass is 337 g/mol. The maximum Gasteiger partial charge on any atom is 0.433 e. The summed E-state index contributed by atoms with van der Waals surface area (Å²) in [4.78, 5) is 31.1. The Morgan fingerprint density at radius 2 is 2.09 bits per heavy atom. The molecular weight excluding hydrogens is 323 g/mol.